The van der Waals surface area contributed by atoms with Gasteiger partial charge in [-0.25, -0.2) is 4.98 Å². The van der Waals surface area contributed by atoms with Crippen LogP contribution in [0.4, 0.5) is 0 Å². The average molecular weight is 267 g/mol. The Morgan fingerprint density at radius 1 is 1.30 bits per heavy atom. The Hall–Kier alpha value is -2.54. The predicted molar refractivity (Wildman–Crippen MR) is 75.3 cm³/mol. The molecule has 0 saturated carbocycles. The molecular weight excluding hydrogens is 252 g/mol. The quantitative estimate of drug-likeness (QED) is 0.835. The summed E-state index contributed by atoms with van der Waals surface area (Å²) in [7, 11) is 1.52. The Morgan fingerprint density at radius 3 is 2.65 bits per heavy atom. The molecule has 4 nitrogen and oxygen atoms in total. The standard InChI is InChI=1S/C16H15N2O2/c1-3-13-10-18-16(14(9-17)15(13)19-2)20-11-12-7-5-4-6-8-12/h4-8,10H,1,3,11H2,2H3. The number of hydrogen-bond acceptors (Lipinski definition) is 4. The first-order valence-corrected chi connectivity index (χ1v) is 6.22. The molecule has 2 aromatic rings. The highest BCUT2D eigenvalue weighted by atomic mass is 16.5. The van der Waals surface area contributed by atoms with Crippen molar-refractivity contribution >= 4 is 0 Å². The van der Waals surface area contributed by atoms with E-state index in [0.29, 0.717) is 24.3 Å². The molecule has 0 fully saturated rings. The van der Waals surface area contributed by atoms with Crippen molar-refractivity contribution < 1.29 is 9.47 Å². The maximum Gasteiger partial charge on any atom is 0.235 e. The minimum atomic E-state index is 0.283. The highest BCUT2D eigenvalue weighted by Gasteiger charge is 2.15. The third-order valence-electron chi connectivity index (χ3n) is 2.87. The molecule has 0 unspecified atom stereocenters. The van der Waals surface area contributed by atoms with Crippen molar-refractivity contribution in [3.63, 3.8) is 0 Å². The van der Waals surface area contributed by atoms with Gasteiger partial charge in [0.2, 0.25) is 5.88 Å². The zero-order chi connectivity index (χ0) is 14.4. The maximum atomic E-state index is 9.28. The topological polar surface area (TPSA) is 55.1 Å². The SMILES string of the molecule is [CH2]Cc1cnc(OCc2ccccc2)c(C#N)c1OC. The van der Waals surface area contributed by atoms with Crippen molar-refractivity contribution in [3.05, 3.63) is 60.1 Å². The van der Waals surface area contributed by atoms with E-state index >= 15 is 0 Å². The van der Waals surface area contributed by atoms with E-state index < -0.39 is 0 Å². The van der Waals surface area contributed by atoms with Crippen LogP contribution in [0.1, 0.15) is 16.7 Å². The first kappa shape index (κ1) is 13.9. The number of rotatable bonds is 5. The van der Waals surface area contributed by atoms with E-state index in [-0.39, 0.29) is 5.88 Å². The molecule has 0 aliphatic rings. The van der Waals surface area contributed by atoms with Gasteiger partial charge in [0.25, 0.3) is 0 Å². The van der Waals surface area contributed by atoms with E-state index in [0.717, 1.165) is 11.1 Å². The van der Waals surface area contributed by atoms with Gasteiger partial charge in [0.05, 0.1) is 7.11 Å². The van der Waals surface area contributed by atoms with Crippen molar-refractivity contribution in [2.75, 3.05) is 7.11 Å². The number of nitrogens with zero attached hydrogens (tertiary/aromatic N) is 2. The second kappa shape index (κ2) is 6.58. The van der Waals surface area contributed by atoms with Gasteiger partial charge in [-0.15, -0.1) is 0 Å². The van der Waals surface area contributed by atoms with Gasteiger partial charge in [0, 0.05) is 11.8 Å². The van der Waals surface area contributed by atoms with Gasteiger partial charge in [-0.05, 0) is 18.9 Å². The molecule has 0 spiro atoms. The molecule has 101 valence electrons. The summed E-state index contributed by atoms with van der Waals surface area (Å²) in [5, 5.41) is 9.28. The van der Waals surface area contributed by atoms with Crippen molar-refractivity contribution in [3.8, 4) is 17.7 Å². The van der Waals surface area contributed by atoms with Crippen LogP contribution in [0.3, 0.4) is 0 Å². The summed E-state index contributed by atoms with van der Waals surface area (Å²) >= 11 is 0. The smallest absolute Gasteiger partial charge is 0.235 e. The van der Waals surface area contributed by atoms with Gasteiger partial charge in [0.1, 0.15) is 18.4 Å². The summed E-state index contributed by atoms with van der Waals surface area (Å²) in [4.78, 5) is 4.18. The molecule has 1 aromatic heterocycles. The monoisotopic (exact) mass is 267 g/mol. The van der Waals surface area contributed by atoms with Gasteiger partial charge < -0.3 is 9.47 Å². The maximum absolute atomic E-state index is 9.28. The van der Waals surface area contributed by atoms with Gasteiger partial charge in [-0.1, -0.05) is 30.3 Å². The second-order valence-corrected chi connectivity index (χ2v) is 4.13. The zero-order valence-corrected chi connectivity index (χ0v) is 11.3. The van der Waals surface area contributed by atoms with Crippen LogP contribution in [0, 0.1) is 18.3 Å². The largest absolute Gasteiger partial charge is 0.495 e. The minimum Gasteiger partial charge on any atom is -0.495 e. The van der Waals surface area contributed by atoms with Crippen LogP contribution < -0.4 is 9.47 Å². The lowest BCUT2D eigenvalue weighted by atomic mass is 10.1. The van der Waals surface area contributed by atoms with Gasteiger partial charge in [0.15, 0.2) is 5.56 Å². The molecule has 1 radical (unpaired) electrons. The van der Waals surface area contributed by atoms with Crippen LogP contribution in [0.25, 0.3) is 0 Å². The fourth-order valence-electron chi connectivity index (χ4n) is 1.86. The molecule has 0 aliphatic carbocycles. The number of ether oxygens (including phenoxy) is 2. The minimum absolute atomic E-state index is 0.283. The number of pyridine rings is 1. The van der Waals surface area contributed by atoms with Crippen molar-refractivity contribution in [1.82, 2.24) is 4.98 Å². The lowest BCUT2D eigenvalue weighted by Crippen LogP contribution is -2.03. The van der Waals surface area contributed by atoms with Crippen LogP contribution in [-0.4, -0.2) is 12.1 Å². The molecule has 0 aliphatic heterocycles. The van der Waals surface area contributed by atoms with Crippen LogP contribution in [0.15, 0.2) is 36.5 Å². The van der Waals surface area contributed by atoms with E-state index in [1.165, 1.54) is 7.11 Å². The van der Waals surface area contributed by atoms with Crippen molar-refractivity contribution in [2.24, 2.45) is 0 Å². The highest BCUT2D eigenvalue weighted by molar-refractivity contribution is 5.53. The Morgan fingerprint density at radius 2 is 2.05 bits per heavy atom. The third-order valence-corrected chi connectivity index (χ3v) is 2.87. The molecule has 1 heterocycles. The summed E-state index contributed by atoms with van der Waals surface area (Å²) < 4.78 is 10.9. The van der Waals surface area contributed by atoms with E-state index in [9.17, 15) is 5.26 Å². The molecule has 0 bridgehead atoms. The van der Waals surface area contributed by atoms with Crippen molar-refractivity contribution in [1.29, 1.82) is 5.26 Å². The van der Waals surface area contributed by atoms with Crippen molar-refractivity contribution in [2.45, 2.75) is 13.0 Å². The molecule has 2 rings (SSSR count). The number of nitriles is 1. The summed E-state index contributed by atoms with van der Waals surface area (Å²) in [5.74, 6) is 0.769. The first-order valence-electron chi connectivity index (χ1n) is 6.22. The average Bonchev–Trinajstić information content (AvgIpc) is 2.52. The predicted octanol–water partition coefficient (Wildman–Crippen LogP) is 2.92. The Balaban J connectivity index is 2.26. The summed E-state index contributed by atoms with van der Waals surface area (Å²) in [6.07, 6.45) is 2.14. The molecule has 4 heteroatoms. The Labute approximate surface area is 118 Å². The number of benzene rings is 1. The van der Waals surface area contributed by atoms with Crippen LogP contribution in [0.5, 0.6) is 11.6 Å². The van der Waals surface area contributed by atoms with Crippen LogP contribution >= 0.6 is 0 Å². The Bertz CT molecular complexity index is 618. The van der Waals surface area contributed by atoms with Gasteiger partial charge >= 0.3 is 0 Å². The molecule has 1 aromatic carbocycles. The van der Waals surface area contributed by atoms with Crippen LogP contribution in [-0.2, 0) is 13.0 Å². The summed E-state index contributed by atoms with van der Waals surface area (Å²) in [6, 6.07) is 11.8. The second-order valence-electron chi connectivity index (χ2n) is 4.13. The molecule has 0 atom stereocenters. The normalized spacial score (nSPS) is 9.85. The number of methoxy groups -OCH3 is 1. The molecule has 0 N–H and O–H groups in total. The van der Waals surface area contributed by atoms with E-state index in [1.54, 1.807) is 6.20 Å². The van der Waals surface area contributed by atoms with E-state index in [4.69, 9.17) is 9.47 Å². The lowest BCUT2D eigenvalue weighted by molar-refractivity contribution is 0.289. The Kier molecular flexibility index (Phi) is 4.56. The molecule has 0 amide bonds. The van der Waals surface area contributed by atoms with Gasteiger partial charge in [-0.2, -0.15) is 5.26 Å². The molecule has 20 heavy (non-hydrogen) atoms. The van der Waals surface area contributed by atoms with E-state index in [1.807, 2.05) is 30.3 Å². The highest BCUT2D eigenvalue weighted by Crippen LogP contribution is 2.30. The fraction of sp³-hybridized carbons (Fsp3) is 0.188. The fourth-order valence-corrected chi connectivity index (χ4v) is 1.86. The zero-order valence-electron chi connectivity index (χ0n) is 11.3. The molecule has 0 saturated heterocycles. The summed E-state index contributed by atoms with van der Waals surface area (Å²) in [5.41, 5.74) is 2.11. The van der Waals surface area contributed by atoms with Crippen LogP contribution in [0.2, 0.25) is 0 Å². The third kappa shape index (κ3) is 2.89. The van der Waals surface area contributed by atoms with Gasteiger partial charge in [-0.3, -0.25) is 0 Å². The number of hydrogen-bond donors (Lipinski definition) is 0. The molecular formula is C16H15N2O2. The van der Waals surface area contributed by atoms with E-state index in [2.05, 4.69) is 18.0 Å². The lowest BCUT2D eigenvalue weighted by Gasteiger charge is -2.12. The first-order chi connectivity index (χ1) is 9.80. The summed E-state index contributed by atoms with van der Waals surface area (Å²) in [6.45, 7) is 4.15. The number of aromatic nitrogens is 1.